The molecule has 0 amide bonds. The van der Waals surface area contributed by atoms with Crippen LogP contribution in [0.15, 0.2) is 16.7 Å². The lowest BCUT2D eigenvalue weighted by Crippen LogP contribution is -2.44. The van der Waals surface area contributed by atoms with E-state index < -0.39 is 11.4 Å². The van der Waals surface area contributed by atoms with Crippen molar-refractivity contribution in [2.45, 2.75) is 51.0 Å². The van der Waals surface area contributed by atoms with Gasteiger partial charge in [-0.15, -0.1) is 4.72 Å². The normalized spacial score (nSPS) is 19.2. The summed E-state index contributed by atoms with van der Waals surface area (Å²) in [5, 5.41) is 0. The van der Waals surface area contributed by atoms with Crippen molar-refractivity contribution in [3.05, 3.63) is 28.0 Å². The molecule has 1 aromatic heterocycles. The van der Waals surface area contributed by atoms with Gasteiger partial charge in [-0.2, -0.15) is 0 Å². The number of hydrogen-bond donors (Lipinski definition) is 1. The van der Waals surface area contributed by atoms with Crippen LogP contribution in [0.2, 0.25) is 0 Å². The van der Waals surface area contributed by atoms with Crippen LogP contribution in [-0.2, 0) is 27.4 Å². The molecule has 1 fully saturated rings. The van der Waals surface area contributed by atoms with Crippen molar-refractivity contribution in [1.29, 1.82) is 0 Å². The Morgan fingerprint density at radius 3 is 2.71 bits per heavy atom. The van der Waals surface area contributed by atoms with Crippen molar-refractivity contribution in [2.75, 3.05) is 20.3 Å². The molecule has 0 radical (unpaired) electrons. The molecule has 0 aliphatic carbocycles. The molecule has 7 heteroatoms. The number of rotatable bonds is 6. The van der Waals surface area contributed by atoms with E-state index in [1.165, 1.54) is 0 Å². The molecule has 2 atom stereocenters. The van der Waals surface area contributed by atoms with Gasteiger partial charge in [-0.3, -0.25) is 4.98 Å². The van der Waals surface area contributed by atoms with Gasteiger partial charge in [0.05, 0.1) is 18.3 Å². The smallest absolute Gasteiger partial charge is 0.136 e. The van der Waals surface area contributed by atoms with Crippen LogP contribution >= 0.6 is 15.9 Å². The number of pyridine rings is 1. The standard InChI is InChI=1S/C17H27BrN2O3S/c1-17(2,3)24(21)20-16(12-5-7-23-8-6-12)15-13(11-22-4)9-14(18)10-19-15/h9-10,12,16,20H,5-8,11H2,1-4H3/t16-,24?/m1/s1. The number of nitrogens with one attached hydrogen (secondary N) is 1. The number of methoxy groups -OCH3 is 1. The van der Waals surface area contributed by atoms with Gasteiger partial charge in [0.15, 0.2) is 0 Å². The second-order valence-electron chi connectivity index (χ2n) is 7.06. The van der Waals surface area contributed by atoms with Crippen LogP contribution < -0.4 is 4.72 Å². The van der Waals surface area contributed by atoms with E-state index in [1.807, 2.05) is 26.8 Å². The van der Waals surface area contributed by atoms with E-state index in [0.717, 1.165) is 41.8 Å². The van der Waals surface area contributed by atoms with Gasteiger partial charge in [0.2, 0.25) is 0 Å². The van der Waals surface area contributed by atoms with Crippen LogP contribution in [0, 0.1) is 5.92 Å². The van der Waals surface area contributed by atoms with Gasteiger partial charge in [0.1, 0.15) is 4.75 Å². The fourth-order valence-electron chi connectivity index (χ4n) is 2.76. The molecule has 136 valence electrons. The lowest BCUT2D eigenvalue weighted by Gasteiger charge is -2.34. The van der Waals surface area contributed by atoms with Gasteiger partial charge in [-0.1, -0.05) is 0 Å². The number of nitrogens with zero attached hydrogens (tertiary/aromatic N) is 1. The molecule has 1 unspecified atom stereocenters. The Labute approximate surface area is 156 Å². The Morgan fingerprint density at radius 2 is 2.12 bits per heavy atom. The van der Waals surface area contributed by atoms with Crippen LogP contribution in [0.3, 0.4) is 0 Å². The minimum Gasteiger partial charge on any atom is -0.598 e. The molecule has 1 aromatic rings. The summed E-state index contributed by atoms with van der Waals surface area (Å²) < 4.78 is 27.5. The van der Waals surface area contributed by atoms with E-state index in [1.54, 1.807) is 13.3 Å². The van der Waals surface area contributed by atoms with Crippen molar-refractivity contribution >= 4 is 27.3 Å². The summed E-state index contributed by atoms with van der Waals surface area (Å²) in [5.74, 6) is 0.342. The maximum Gasteiger partial charge on any atom is 0.136 e. The quantitative estimate of drug-likeness (QED) is 0.715. The van der Waals surface area contributed by atoms with Crippen LogP contribution in [0.25, 0.3) is 0 Å². The first-order chi connectivity index (χ1) is 11.3. The van der Waals surface area contributed by atoms with Crippen molar-refractivity contribution in [1.82, 2.24) is 9.71 Å². The summed E-state index contributed by atoms with van der Waals surface area (Å²) in [6.07, 6.45) is 3.66. The molecule has 0 bridgehead atoms. The monoisotopic (exact) mass is 418 g/mol. The average Bonchev–Trinajstić information content (AvgIpc) is 2.53. The van der Waals surface area contributed by atoms with Gasteiger partial charge in [-0.05, 0) is 61.5 Å². The lowest BCUT2D eigenvalue weighted by atomic mass is 9.88. The van der Waals surface area contributed by atoms with Crippen molar-refractivity contribution in [2.24, 2.45) is 5.92 Å². The molecule has 0 saturated carbocycles. The number of ether oxygens (including phenoxy) is 2. The minimum absolute atomic E-state index is 0.0767. The largest absolute Gasteiger partial charge is 0.598 e. The summed E-state index contributed by atoms with van der Waals surface area (Å²) >= 11 is 2.31. The van der Waals surface area contributed by atoms with Gasteiger partial charge in [-0.25, -0.2) is 0 Å². The predicted molar refractivity (Wildman–Crippen MR) is 100.0 cm³/mol. The topological polar surface area (TPSA) is 66.4 Å². The summed E-state index contributed by atoms with van der Waals surface area (Å²) in [7, 11) is 1.68. The summed E-state index contributed by atoms with van der Waals surface area (Å²) in [4.78, 5) is 4.64. The second kappa shape index (κ2) is 8.96. The highest BCUT2D eigenvalue weighted by molar-refractivity contribution is 9.10. The third-order valence-electron chi connectivity index (χ3n) is 4.09. The zero-order valence-electron chi connectivity index (χ0n) is 14.8. The van der Waals surface area contributed by atoms with E-state index in [-0.39, 0.29) is 10.8 Å². The molecule has 24 heavy (non-hydrogen) atoms. The molecule has 1 N–H and O–H groups in total. The highest BCUT2D eigenvalue weighted by Gasteiger charge is 2.36. The van der Waals surface area contributed by atoms with Crippen LogP contribution in [0.1, 0.15) is 50.9 Å². The fourth-order valence-corrected chi connectivity index (χ4v) is 4.03. The first-order valence-electron chi connectivity index (χ1n) is 8.22. The van der Waals surface area contributed by atoms with Crippen LogP contribution in [0.4, 0.5) is 0 Å². The maximum atomic E-state index is 12.7. The van der Waals surface area contributed by atoms with E-state index in [9.17, 15) is 4.55 Å². The number of aromatic nitrogens is 1. The molecule has 2 rings (SSSR count). The zero-order chi connectivity index (χ0) is 17.7. The molecular formula is C17H27BrN2O3S. The van der Waals surface area contributed by atoms with E-state index in [0.29, 0.717) is 12.5 Å². The van der Waals surface area contributed by atoms with Gasteiger partial charge < -0.3 is 14.0 Å². The Morgan fingerprint density at radius 1 is 1.46 bits per heavy atom. The summed E-state index contributed by atoms with van der Waals surface area (Å²) in [5.41, 5.74) is 1.94. The highest BCUT2D eigenvalue weighted by atomic mass is 79.9. The molecule has 0 spiro atoms. The maximum absolute atomic E-state index is 12.7. The zero-order valence-corrected chi connectivity index (χ0v) is 17.2. The Balaban J connectivity index is 2.34. The number of halogens is 1. The van der Waals surface area contributed by atoms with Gasteiger partial charge in [0, 0.05) is 47.9 Å². The molecule has 5 nitrogen and oxygen atoms in total. The average molecular weight is 419 g/mol. The van der Waals surface area contributed by atoms with Crippen molar-refractivity contribution < 1.29 is 14.0 Å². The van der Waals surface area contributed by atoms with Crippen LogP contribution in [-0.4, -0.2) is 34.6 Å². The third kappa shape index (κ3) is 5.41. The first-order valence-corrected chi connectivity index (χ1v) is 10.2. The first kappa shape index (κ1) is 20.1. The lowest BCUT2D eigenvalue weighted by molar-refractivity contribution is 0.0555. The molecule has 1 aliphatic heterocycles. The van der Waals surface area contributed by atoms with Crippen LogP contribution in [0.5, 0.6) is 0 Å². The van der Waals surface area contributed by atoms with Crippen molar-refractivity contribution in [3.8, 4) is 0 Å². The molecule has 1 saturated heterocycles. The highest BCUT2D eigenvalue weighted by Crippen LogP contribution is 2.34. The summed E-state index contributed by atoms with van der Waals surface area (Å²) in [6.45, 7) is 7.88. The predicted octanol–water partition coefficient (Wildman–Crippen LogP) is 3.51. The van der Waals surface area contributed by atoms with Gasteiger partial charge >= 0.3 is 0 Å². The number of hydrogen-bond acceptors (Lipinski definition) is 5. The Hall–Kier alpha value is -0.180. The molecular weight excluding hydrogens is 392 g/mol. The van der Waals surface area contributed by atoms with E-state index >= 15 is 0 Å². The second-order valence-corrected chi connectivity index (χ2v) is 9.97. The van der Waals surface area contributed by atoms with E-state index in [4.69, 9.17) is 9.47 Å². The minimum atomic E-state index is -1.17. The fraction of sp³-hybridized carbons (Fsp3) is 0.706. The van der Waals surface area contributed by atoms with Gasteiger partial charge in [0.25, 0.3) is 0 Å². The Bertz CT molecular complexity index is 533. The molecule has 1 aliphatic rings. The van der Waals surface area contributed by atoms with E-state index in [2.05, 4.69) is 25.6 Å². The molecule has 2 heterocycles. The summed E-state index contributed by atoms with van der Waals surface area (Å²) in [6, 6.07) is 1.95. The van der Waals surface area contributed by atoms with Crippen molar-refractivity contribution in [3.63, 3.8) is 0 Å². The Kier molecular flexibility index (Phi) is 7.52. The molecule has 0 aromatic carbocycles. The SMILES string of the molecule is COCc1cc(Br)cnc1[C@H](N[S+]([O-])C(C)(C)C)C1CCOCC1. The third-order valence-corrected chi connectivity index (χ3v) is 6.10.